The molecule has 0 radical (unpaired) electrons. The Bertz CT molecular complexity index is 2840. The molecule has 8 aromatic carbocycles. The van der Waals surface area contributed by atoms with Gasteiger partial charge >= 0.3 is 0 Å². The van der Waals surface area contributed by atoms with E-state index in [2.05, 4.69) is 144 Å². The van der Waals surface area contributed by atoms with Crippen LogP contribution >= 0.6 is 0 Å². The van der Waals surface area contributed by atoms with Crippen molar-refractivity contribution >= 4 is 60.9 Å². The molecule has 0 spiro atoms. The maximum Gasteiger partial charge on any atom is 0.227 e. The molecular weight excluding hydrogens is 625 g/mol. The number of fused-ring (bicyclic) bond motifs is 6. The van der Waals surface area contributed by atoms with Crippen molar-refractivity contribution in [2.24, 2.45) is 0 Å². The molecule has 2 heterocycles. The highest BCUT2D eigenvalue weighted by Gasteiger charge is 2.18. The molecule has 0 unspecified atom stereocenters. The van der Waals surface area contributed by atoms with Crippen LogP contribution in [-0.4, -0.2) is 4.98 Å². The van der Waals surface area contributed by atoms with Crippen LogP contribution in [0.1, 0.15) is 0 Å². The summed E-state index contributed by atoms with van der Waals surface area (Å²) in [5.74, 6) is 0.606. The molecule has 0 aliphatic rings. The van der Waals surface area contributed by atoms with Gasteiger partial charge in [0.2, 0.25) is 5.89 Å². The molecule has 0 N–H and O–H groups in total. The monoisotopic (exact) mass is 654 g/mol. The van der Waals surface area contributed by atoms with Gasteiger partial charge in [0.05, 0.1) is 5.39 Å². The molecule has 0 amide bonds. The SMILES string of the molecule is c1ccc(-c2nc3c(ccc4oc5cc(-c6ccc(N(c7ccccc7)c7ccc(-c8ccc9ccccc9c8)cc7)cc6)ccc5c43)o2)cc1. The summed E-state index contributed by atoms with van der Waals surface area (Å²) in [6.45, 7) is 0. The zero-order chi connectivity index (χ0) is 33.7. The fourth-order valence-corrected chi connectivity index (χ4v) is 7.14. The molecule has 0 aliphatic heterocycles. The fourth-order valence-electron chi connectivity index (χ4n) is 7.14. The summed E-state index contributed by atoms with van der Waals surface area (Å²) in [6, 6.07) is 63.5. The number of oxazole rings is 1. The zero-order valence-corrected chi connectivity index (χ0v) is 27.5. The molecule has 0 bridgehead atoms. The van der Waals surface area contributed by atoms with Crippen molar-refractivity contribution in [1.29, 1.82) is 0 Å². The number of para-hydroxylation sites is 1. The molecule has 10 rings (SSSR count). The van der Waals surface area contributed by atoms with Crippen molar-refractivity contribution in [2.45, 2.75) is 0 Å². The first-order valence-electron chi connectivity index (χ1n) is 17.1. The molecule has 4 heteroatoms. The van der Waals surface area contributed by atoms with Gasteiger partial charge < -0.3 is 13.7 Å². The van der Waals surface area contributed by atoms with Crippen molar-refractivity contribution in [3.05, 3.63) is 182 Å². The second-order valence-electron chi connectivity index (χ2n) is 12.8. The fraction of sp³-hybridized carbons (Fsp3) is 0. The summed E-state index contributed by atoms with van der Waals surface area (Å²) >= 11 is 0. The highest BCUT2D eigenvalue weighted by atomic mass is 16.4. The minimum Gasteiger partial charge on any atom is -0.456 e. The van der Waals surface area contributed by atoms with E-state index >= 15 is 0 Å². The molecule has 10 aromatic rings. The summed E-state index contributed by atoms with van der Waals surface area (Å²) in [4.78, 5) is 7.18. The van der Waals surface area contributed by atoms with E-state index in [1.165, 1.54) is 21.9 Å². The molecule has 0 fully saturated rings. The van der Waals surface area contributed by atoms with Gasteiger partial charge in [0, 0.05) is 28.0 Å². The smallest absolute Gasteiger partial charge is 0.227 e. The first kappa shape index (κ1) is 29.0. The van der Waals surface area contributed by atoms with Crippen LogP contribution in [0.4, 0.5) is 17.1 Å². The van der Waals surface area contributed by atoms with E-state index in [9.17, 15) is 0 Å². The predicted molar refractivity (Wildman–Crippen MR) is 210 cm³/mol. The average molecular weight is 655 g/mol. The summed E-state index contributed by atoms with van der Waals surface area (Å²) in [5, 5.41) is 4.49. The number of hydrogen-bond acceptors (Lipinski definition) is 4. The van der Waals surface area contributed by atoms with Gasteiger partial charge in [-0.15, -0.1) is 0 Å². The lowest BCUT2D eigenvalue weighted by Crippen LogP contribution is -2.09. The quantitative estimate of drug-likeness (QED) is 0.179. The molecule has 0 saturated carbocycles. The molecule has 4 nitrogen and oxygen atoms in total. The Balaban J connectivity index is 0.984. The Labute approximate surface area is 294 Å². The predicted octanol–water partition coefficient (Wildman–Crippen LogP) is 13.4. The standard InChI is InChI=1S/C47H30N2O2/c1-3-10-34(11-4-1)47-48-46-43(51-47)28-27-42-45(46)41-26-21-37(30-44(41)50-42)33-19-24-40(25-20-33)49(38-13-5-2-6-14-38)39-22-17-32(18-23-39)36-16-15-31-9-7-8-12-35(31)29-36/h1-30H. The van der Waals surface area contributed by atoms with Gasteiger partial charge in [-0.3, -0.25) is 0 Å². The summed E-state index contributed by atoms with van der Waals surface area (Å²) < 4.78 is 12.5. The van der Waals surface area contributed by atoms with Crippen molar-refractivity contribution in [3.8, 4) is 33.7 Å². The Kier molecular flexibility index (Phi) is 6.78. The number of anilines is 3. The second kappa shape index (κ2) is 11.9. The molecule has 0 atom stereocenters. The summed E-state index contributed by atoms with van der Waals surface area (Å²) in [6.07, 6.45) is 0. The summed E-state index contributed by atoms with van der Waals surface area (Å²) in [5.41, 5.74) is 12.0. The minimum absolute atomic E-state index is 0.606. The number of benzene rings is 8. The maximum absolute atomic E-state index is 6.39. The Morgan fingerprint density at radius 1 is 0.373 bits per heavy atom. The second-order valence-corrected chi connectivity index (χ2v) is 12.8. The van der Waals surface area contributed by atoms with E-state index in [0.717, 1.165) is 66.8 Å². The van der Waals surface area contributed by atoms with Crippen LogP contribution in [0.2, 0.25) is 0 Å². The third kappa shape index (κ3) is 5.13. The number of nitrogens with zero attached hydrogens (tertiary/aromatic N) is 2. The molecule has 240 valence electrons. The first-order valence-corrected chi connectivity index (χ1v) is 17.1. The number of rotatable bonds is 6. The van der Waals surface area contributed by atoms with E-state index in [0.29, 0.717) is 5.89 Å². The third-order valence-electron chi connectivity index (χ3n) is 9.70. The molecule has 0 saturated heterocycles. The number of furan rings is 1. The highest BCUT2D eigenvalue weighted by molar-refractivity contribution is 6.17. The van der Waals surface area contributed by atoms with Gasteiger partial charge in [0.25, 0.3) is 0 Å². The molecule has 2 aromatic heterocycles. The van der Waals surface area contributed by atoms with E-state index in [1.807, 2.05) is 42.5 Å². The normalized spacial score (nSPS) is 11.5. The van der Waals surface area contributed by atoms with Crippen LogP contribution in [0.5, 0.6) is 0 Å². The number of hydrogen-bond donors (Lipinski definition) is 0. The van der Waals surface area contributed by atoms with E-state index in [1.54, 1.807) is 0 Å². The van der Waals surface area contributed by atoms with Crippen LogP contribution in [0.15, 0.2) is 191 Å². The van der Waals surface area contributed by atoms with Crippen LogP contribution in [0.3, 0.4) is 0 Å². The average Bonchev–Trinajstić information content (AvgIpc) is 3.81. The largest absolute Gasteiger partial charge is 0.456 e. The van der Waals surface area contributed by atoms with Gasteiger partial charge in [0.15, 0.2) is 5.58 Å². The zero-order valence-electron chi connectivity index (χ0n) is 27.5. The van der Waals surface area contributed by atoms with Gasteiger partial charge in [-0.05, 0) is 112 Å². The lowest BCUT2D eigenvalue weighted by atomic mass is 10.0. The lowest BCUT2D eigenvalue weighted by molar-refractivity contribution is 0.619. The topological polar surface area (TPSA) is 42.4 Å². The van der Waals surface area contributed by atoms with Crippen LogP contribution < -0.4 is 4.90 Å². The van der Waals surface area contributed by atoms with Gasteiger partial charge in [-0.2, -0.15) is 0 Å². The van der Waals surface area contributed by atoms with Crippen molar-refractivity contribution in [1.82, 2.24) is 4.98 Å². The maximum atomic E-state index is 6.39. The molecular formula is C47H30N2O2. The van der Waals surface area contributed by atoms with E-state index in [-0.39, 0.29) is 0 Å². The molecule has 51 heavy (non-hydrogen) atoms. The Morgan fingerprint density at radius 2 is 0.941 bits per heavy atom. The van der Waals surface area contributed by atoms with Crippen molar-refractivity contribution in [2.75, 3.05) is 4.90 Å². The first-order chi connectivity index (χ1) is 25.2. The number of aromatic nitrogens is 1. The van der Waals surface area contributed by atoms with Crippen molar-refractivity contribution in [3.63, 3.8) is 0 Å². The van der Waals surface area contributed by atoms with Crippen LogP contribution in [-0.2, 0) is 0 Å². The lowest BCUT2D eigenvalue weighted by Gasteiger charge is -2.26. The van der Waals surface area contributed by atoms with Crippen LogP contribution in [0, 0.1) is 0 Å². The Morgan fingerprint density at radius 3 is 1.67 bits per heavy atom. The van der Waals surface area contributed by atoms with E-state index in [4.69, 9.17) is 13.8 Å². The van der Waals surface area contributed by atoms with Crippen LogP contribution in [0.25, 0.3) is 77.5 Å². The highest BCUT2D eigenvalue weighted by Crippen LogP contribution is 2.40. The third-order valence-corrected chi connectivity index (χ3v) is 9.70. The van der Waals surface area contributed by atoms with Gasteiger partial charge in [-0.1, -0.05) is 103 Å². The molecule has 0 aliphatic carbocycles. The summed E-state index contributed by atoms with van der Waals surface area (Å²) in [7, 11) is 0. The van der Waals surface area contributed by atoms with Gasteiger partial charge in [-0.25, -0.2) is 4.98 Å². The Hall–Kier alpha value is -6.91. The van der Waals surface area contributed by atoms with E-state index < -0.39 is 0 Å². The minimum atomic E-state index is 0.606. The van der Waals surface area contributed by atoms with Crippen molar-refractivity contribution < 1.29 is 8.83 Å². The van der Waals surface area contributed by atoms with Gasteiger partial charge in [0.1, 0.15) is 16.7 Å².